The molecule has 0 bridgehead atoms. The minimum atomic E-state index is -0.771. The van der Waals surface area contributed by atoms with Gasteiger partial charge in [-0.1, -0.05) is 72.8 Å². The first kappa shape index (κ1) is 15.6. The van der Waals surface area contributed by atoms with E-state index in [2.05, 4.69) is 41.4 Å². The second-order valence-electron chi connectivity index (χ2n) is 6.49. The summed E-state index contributed by atoms with van der Waals surface area (Å²) in [6.07, 6.45) is 1.65. The van der Waals surface area contributed by atoms with E-state index in [4.69, 9.17) is 9.15 Å². The van der Waals surface area contributed by atoms with E-state index in [1.165, 1.54) is 0 Å². The average molecular weight is 352 g/mol. The van der Waals surface area contributed by atoms with Gasteiger partial charge in [0.2, 0.25) is 11.4 Å². The molecular weight excluding hydrogens is 334 g/mol. The number of fused-ring (bicyclic) bond motifs is 1. The fourth-order valence-corrected chi connectivity index (χ4v) is 3.72. The Labute approximate surface area is 157 Å². The molecule has 0 amide bonds. The molecule has 130 valence electrons. The lowest BCUT2D eigenvalue weighted by Crippen LogP contribution is -2.72. The lowest BCUT2D eigenvalue weighted by molar-refractivity contribution is -0.379. The molecule has 2 heterocycles. The van der Waals surface area contributed by atoms with Gasteiger partial charge in [-0.2, -0.15) is 4.99 Å². The van der Waals surface area contributed by atoms with Gasteiger partial charge in [0.1, 0.15) is 0 Å². The van der Waals surface area contributed by atoms with Crippen molar-refractivity contribution in [2.75, 3.05) is 0 Å². The van der Waals surface area contributed by atoms with E-state index in [1.54, 1.807) is 6.26 Å². The predicted molar refractivity (Wildman–Crippen MR) is 104 cm³/mol. The Morgan fingerprint density at radius 2 is 1.26 bits per heavy atom. The zero-order valence-corrected chi connectivity index (χ0v) is 14.6. The van der Waals surface area contributed by atoms with E-state index in [9.17, 15) is 0 Å². The largest absolute Gasteiger partial charge is 0.455 e. The molecule has 0 radical (unpaired) electrons. The number of benzene rings is 3. The molecule has 3 heteroatoms. The first-order valence-corrected chi connectivity index (χ1v) is 8.95. The zero-order valence-electron chi connectivity index (χ0n) is 14.6. The van der Waals surface area contributed by atoms with Crippen LogP contribution in [0, 0.1) is 0 Å². The SMILES string of the molecule is c1ccc(C2(c3ccccc3)OC(c3ccco3)=[NH+]c3ccccc32)cc1. The molecule has 27 heavy (non-hydrogen) atoms. The van der Waals surface area contributed by atoms with Gasteiger partial charge in [0, 0.05) is 17.2 Å². The van der Waals surface area contributed by atoms with E-state index in [1.807, 2.05) is 60.7 Å². The van der Waals surface area contributed by atoms with Crippen molar-refractivity contribution in [2.24, 2.45) is 0 Å². The van der Waals surface area contributed by atoms with Crippen molar-refractivity contribution in [2.45, 2.75) is 5.60 Å². The van der Waals surface area contributed by atoms with Gasteiger partial charge in [-0.3, -0.25) is 0 Å². The fraction of sp³-hybridized carbons (Fsp3) is 0.0417. The lowest BCUT2D eigenvalue weighted by Gasteiger charge is -2.36. The summed E-state index contributed by atoms with van der Waals surface area (Å²) in [5.41, 5.74) is 3.43. The second-order valence-corrected chi connectivity index (χ2v) is 6.49. The van der Waals surface area contributed by atoms with Crippen LogP contribution in [0.1, 0.15) is 22.5 Å². The summed E-state index contributed by atoms with van der Waals surface area (Å²) in [5.74, 6) is 1.27. The normalized spacial score (nSPS) is 14.7. The third-order valence-electron chi connectivity index (χ3n) is 4.92. The number of hydrogen-bond acceptors (Lipinski definition) is 2. The Kier molecular flexibility index (Phi) is 3.65. The molecule has 0 fully saturated rings. The quantitative estimate of drug-likeness (QED) is 0.609. The Morgan fingerprint density at radius 3 is 1.89 bits per heavy atom. The van der Waals surface area contributed by atoms with Gasteiger partial charge >= 0.3 is 5.90 Å². The van der Waals surface area contributed by atoms with Crippen LogP contribution in [-0.2, 0) is 10.3 Å². The highest BCUT2D eigenvalue weighted by Gasteiger charge is 2.47. The summed E-state index contributed by atoms with van der Waals surface area (Å²) in [6, 6.07) is 32.6. The Bertz CT molecular complexity index is 1040. The first-order chi connectivity index (χ1) is 13.4. The van der Waals surface area contributed by atoms with Gasteiger partial charge in [-0.25, -0.2) is 0 Å². The third-order valence-corrected chi connectivity index (χ3v) is 4.92. The van der Waals surface area contributed by atoms with E-state index < -0.39 is 5.60 Å². The molecule has 3 nitrogen and oxygen atoms in total. The predicted octanol–water partition coefficient (Wildman–Crippen LogP) is 3.76. The summed E-state index contributed by atoms with van der Waals surface area (Å²) < 4.78 is 12.4. The number of furan rings is 1. The molecule has 0 aliphatic carbocycles. The van der Waals surface area contributed by atoms with Gasteiger partial charge < -0.3 is 9.15 Å². The van der Waals surface area contributed by atoms with Gasteiger partial charge in [0.05, 0.1) is 11.8 Å². The molecule has 0 unspecified atom stereocenters. The molecule has 1 aliphatic heterocycles. The van der Waals surface area contributed by atoms with Gasteiger partial charge in [0.25, 0.3) is 0 Å². The van der Waals surface area contributed by atoms with Crippen LogP contribution in [0.4, 0.5) is 5.69 Å². The molecular formula is C24H18NO2+. The van der Waals surface area contributed by atoms with E-state index in [0.29, 0.717) is 11.7 Å². The van der Waals surface area contributed by atoms with Crippen molar-refractivity contribution in [3.8, 4) is 0 Å². The number of nitrogens with one attached hydrogen (secondary N) is 1. The summed E-state index contributed by atoms with van der Waals surface area (Å²) >= 11 is 0. The van der Waals surface area contributed by atoms with Crippen LogP contribution in [0.15, 0.2) is 108 Å². The van der Waals surface area contributed by atoms with Gasteiger partial charge in [-0.15, -0.1) is 0 Å². The average Bonchev–Trinajstić information content (AvgIpc) is 3.29. The topological polar surface area (TPSA) is 36.3 Å². The molecule has 1 N–H and O–H groups in total. The van der Waals surface area contributed by atoms with Crippen LogP contribution in [0.2, 0.25) is 0 Å². The maximum absolute atomic E-state index is 6.73. The maximum atomic E-state index is 6.73. The minimum Gasteiger partial charge on any atom is -0.455 e. The lowest BCUT2D eigenvalue weighted by atomic mass is 9.78. The Hall–Kier alpha value is -3.59. The summed E-state index contributed by atoms with van der Waals surface area (Å²) in [5, 5.41) is 0. The van der Waals surface area contributed by atoms with Crippen molar-refractivity contribution in [3.05, 3.63) is 126 Å². The molecule has 0 atom stereocenters. The van der Waals surface area contributed by atoms with Crippen molar-refractivity contribution >= 4 is 11.6 Å². The van der Waals surface area contributed by atoms with E-state index in [-0.39, 0.29) is 0 Å². The van der Waals surface area contributed by atoms with Crippen LogP contribution in [0.5, 0.6) is 0 Å². The molecule has 3 aromatic carbocycles. The van der Waals surface area contributed by atoms with Crippen molar-refractivity contribution in [1.29, 1.82) is 0 Å². The monoisotopic (exact) mass is 352 g/mol. The highest BCUT2D eigenvalue weighted by Crippen LogP contribution is 2.44. The van der Waals surface area contributed by atoms with E-state index >= 15 is 0 Å². The number of para-hydroxylation sites is 1. The smallest absolute Gasteiger partial charge is 0.412 e. The Balaban J connectivity index is 1.84. The van der Waals surface area contributed by atoms with Crippen molar-refractivity contribution in [3.63, 3.8) is 0 Å². The van der Waals surface area contributed by atoms with Crippen molar-refractivity contribution in [1.82, 2.24) is 0 Å². The molecule has 1 aliphatic rings. The highest BCUT2D eigenvalue weighted by atomic mass is 16.5. The summed E-state index contributed by atoms with van der Waals surface area (Å²) in [7, 11) is 0. The first-order valence-electron chi connectivity index (χ1n) is 8.95. The number of hydrogen-bond donors (Lipinski definition) is 1. The van der Waals surface area contributed by atoms with Crippen LogP contribution >= 0.6 is 0 Å². The summed E-state index contributed by atoms with van der Waals surface area (Å²) in [6.45, 7) is 0. The highest BCUT2D eigenvalue weighted by molar-refractivity contribution is 5.89. The van der Waals surface area contributed by atoms with Crippen LogP contribution < -0.4 is 4.99 Å². The second kappa shape index (κ2) is 6.29. The maximum Gasteiger partial charge on any atom is 0.412 e. The molecule has 0 saturated carbocycles. The molecule has 0 saturated heterocycles. The third kappa shape index (κ3) is 2.48. The summed E-state index contributed by atoms with van der Waals surface area (Å²) in [4.78, 5) is 3.39. The standard InChI is InChI=1S/C24H17NO2/c1-3-10-18(11-4-1)24(19-12-5-2-6-13-19)20-14-7-8-15-21(20)25-23(27-24)22-16-9-17-26-22/h1-17H/p+1. The van der Waals surface area contributed by atoms with E-state index in [0.717, 1.165) is 22.4 Å². The zero-order chi connectivity index (χ0) is 18.1. The van der Waals surface area contributed by atoms with Crippen molar-refractivity contribution < 1.29 is 14.1 Å². The number of rotatable bonds is 3. The van der Waals surface area contributed by atoms with Gasteiger partial charge in [0.15, 0.2) is 5.60 Å². The van der Waals surface area contributed by atoms with Crippen LogP contribution in [0.3, 0.4) is 0 Å². The Morgan fingerprint density at radius 1 is 0.630 bits per heavy atom. The molecule has 1 aromatic heterocycles. The molecule has 0 spiro atoms. The number of ether oxygens (including phenoxy) is 1. The fourth-order valence-electron chi connectivity index (χ4n) is 3.72. The molecule has 4 aromatic rings. The van der Waals surface area contributed by atoms with Crippen LogP contribution in [-0.4, -0.2) is 5.90 Å². The van der Waals surface area contributed by atoms with Crippen LogP contribution in [0.25, 0.3) is 0 Å². The van der Waals surface area contributed by atoms with Gasteiger partial charge in [-0.05, 0) is 18.2 Å². The minimum absolute atomic E-state index is 0.603. The molecule has 5 rings (SSSR count).